The van der Waals surface area contributed by atoms with Gasteiger partial charge in [0, 0.05) is 28.2 Å². The van der Waals surface area contributed by atoms with Crippen molar-refractivity contribution in [2.24, 2.45) is 0 Å². The largest absolute Gasteiger partial charge is 0.507 e. The molecule has 0 bridgehead atoms. The van der Waals surface area contributed by atoms with Crippen LogP contribution in [-0.2, 0) is 9.59 Å². The van der Waals surface area contributed by atoms with E-state index in [-0.39, 0.29) is 22.1 Å². The zero-order valence-corrected chi connectivity index (χ0v) is 14.4. The van der Waals surface area contributed by atoms with Gasteiger partial charge in [-0.1, -0.05) is 35.9 Å². The molecule has 0 heterocycles. The fourth-order valence-corrected chi connectivity index (χ4v) is 2.69. The van der Waals surface area contributed by atoms with Crippen LogP contribution in [0.4, 0.5) is 17.1 Å². The minimum Gasteiger partial charge on any atom is -0.507 e. The van der Waals surface area contributed by atoms with Crippen LogP contribution in [0.3, 0.4) is 0 Å². The number of anilines is 2. The van der Waals surface area contributed by atoms with Gasteiger partial charge in [0.05, 0.1) is 4.92 Å². The molecule has 3 aromatic carbocycles. The number of aromatic hydroxyl groups is 1. The van der Waals surface area contributed by atoms with Gasteiger partial charge in [-0.15, -0.1) is 0 Å². The Hall–Kier alpha value is -3.65. The topological polar surface area (TPSA) is 122 Å². The molecule has 136 valence electrons. The number of nitro benzene ring substituents is 1. The van der Waals surface area contributed by atoms with E-state index in [4.69, 9.17) is 11.6 Å². The van der Waals surface area contributed by atoms with E-state index in [1.54, 1.807) is 30.3 Å². The van der Waals surface area contributed by atoms with Gasteiger partial charge in [0.2, 0.25) is 0 Å². The molecule has 0 aliphatic heterocycles. The Balaban J connectivity index is 1.79. The van der Waals surface area contributed by atoms with E-state index in [1.165, 1.54) is 18.2 Å². The molecule has 0 unspecified atom stereocenters. The van der Waals surface area contributed by atoms with Gasteiger partial charge in [-0.3, -0.25) is 19.7 Å². The zero-order chi connectivity index (χ0) is 19.6. The van der Waals surface area contributed by atoms with E-state index in [0.29, 0.717) is 16.5 Å². The third kappa shape index (κ3) is 3.80. The number of nitrogens with zero attached hydrogens (tertiary/aromatic N) is 1. The summed E-state index contributed by atoms with van der Waals surface area (Å²) in [5.74, 6) is -1.94. The lowest BCUT2D eigenvalue weighted by molar-refractivity contribution is -0.384. The van der Waals surface area contributed by atoms with Crippen LogP contribution < -0.4 is 10.6 Å². The molecule has 0 fully saturated rings. The Morgan fingerprint density at radius 1 is 0.963 bits per heavy atom. The van der Waals surface area contributed by atoms with E-state index < -0.39 is 16.7 Å². The number of nitro groups is 1. The Bertz CT molecular complexity index is 1080. The molecule has 0 aromatic heterocycles. The summed E-state index contributed by atoms with van der Waals surface area (Å²) in [4.78, 5) is 34.5. The average Bonchev–Trinajstić information content (AvgIpc) is 2.64. The highest BCUT2D eigenvalue weighted by molar-refractivity contribution is 6.44. The lowest BCUT2D eigenvalue weighted by Gasteiger charge is -2.10. The summed E-state index contributed by atoms with van der Waals surface area (Å²) in [6, 6.07) is 13.3. The molecule has 2 amide bonds. The summed E-state index contributed by atoms with van der Waals surface area (Å²) < 4.78 is 0. The van der Waals surface area contributed by atoms with Crippen molar-refractivity contribution in [3.8, 4) is 5.75 Å². The SMILES string of the molecule is O=C(Nc1ccc(Cl)c([N+](=O)[O-])c1)C(=O)Nc1cccc2c(O)cccc12. The van der Waals surface area contributed by atoms with E-state index in [2.05, 4.69) is 10.6 Å². The molecule has 0 spiro atoms. The Morgan fingerprint density at radius 2 is 1.63 bits per heavy atom. The van der Waals surface area contributed by atoms with Gasteiger partial charge in [-0.25, -0.2) is 0 Å². The van der Waals surface area contributed by atoms with Crippen LogP contribution in [0.2, 0.25) is 5.02 Å². The van der Waals surface area contributed by atoms with E-state index in [9.17, 15) is 24.8 Å². The second-order valence-electron chi connectivity index (χ2n) is 5.51. The quantitative estimate of drug-likeness (QED) is 0.360. The van der Waals surface area contributed by atoms with Gasteiger partial charge < -0.3 is 15.7 Å². The monoisotopic (exact) mass is 385 g/mol. The van der Waals surface area contributed by atoms with Gasteiger partial charge >= 0.3 is 11.8 Å². The molecule has 27 heavy (non-hydrogen) atoms. The Morgan fingerprint density at radius 3 is 2.37 bits per heavy atom. The van der Waals surface area contributed by atoms with Gasteiger partial charge in [-0.2, -0.15) is 0 Å². The number of nitrogens with one attached hydrogen (secondary N) is 2. The second-order valence-corrected chi connectivity index (χ2v) is 5.92. The number of fused-ring (bicyclic) bond motifs is 1. The predicted molar refractivity (Wildman–Crippen MR) is 101 cm³/mol. The summed E-state index contributed by atoms with van der Waals surface area (Å²) in [5.41, 5.74) is 0.00635. The minimum absolute atomic E-state index is 0.0431. The van der Waals surface area contributed by atoms with Crippen molar-refractivity contribution < 1.29 is 19.6 Å². The van der Waals surface area contributed by atoms with Crippen LogP contribution in [0.15, 0.2) is 54.6 Å². The number of carbonyl (C=O) groups excluding carboxylic acids is 2. The van der Waals surface area contributed by atoms with Crippen LogP contribution in [0.5, 0.6) is 5.75 Å². The first-order valence-electron chi connectivity index (χ1n) is 7.64. The molecular weight excluding hydrogens is 374 g/mol. The van der Waals surface area contributed by atoms with Gasteiger partial charge in [0.1, 0.15) is 10.8 Å². The van der Waals surface area contributed by atoms with E-state index in [1.807, 2.05) is 0 Å². The van der Waals surface area contributed by atoms with E-state index >= 15 is 0 Å². The fraction of sp³-hybridized carbons (Fsp3) is 0. The maximum absolute atomic E-state index is 12.2. The Kier molecular flexibility index (Phi) is 4.91. The molecular formula is C18H12ClN3O5. The first-order chi connectivity index (χ1) is 12.9. The average molecular weight is 386 g/mol. The third-order valence-corrected chi connectivity index (χ3v) is 4.07. The zero-order valence-electron chi connectivity index (χ0n) is 13.6. The Labute approximate surface area is 157 Å². The van der Waals surface area contributed by atoms with Crippen LogP contribution in [0.1, 0.15) is 0 Å². The van der Waals surface area contributed by atoms with Crippen molar-refractivity contribution in [1.29, 1.82) is 0 Å². The van der Waals surface area contributed by atoms with Crippen molar-refractivity contribution in [3.05, 3.63) is 69.7 Å². The molecule has 0 aliphatic carbocycles. The van der Waals surface area contributed by atoms with Crippen LogP contribution >= 0.6 is 11.6 Å². The number of halogens is 1. The number of hydrogen-bond donors (Lipinski definition) is 3. The lowest BCUT2D eigenvalue weighted by atomic mass is 10.1. The number of amides is 2. The highest BCUT2D eigenvalue weighted by atomic mass is 35.5. The molecule has 3 N–H and O–H groups in total. The molecule has 3 aromatic rings. The molecule has 0 atom stereocenters. The number of hydrogen-bond acceptors (Lipinski definition) is 5. The first-order valence-corrected chi connectivity index (χ1v) is 8.01. The smallest absolute Gasteiger partial charge is 0.314 e. The molecule has 0 radical (unpaired) electrons. The van der Waals surface area contributed by atoms with E-state index in [0.717, 1.165) is 6.07 Å². The van der Waals surface area contributed by atoms with Crippen molar-refractivity contribution in [2.45, 2.75) is 0 Å². The van der Waals surface area contributed by atoms with Crippen LogP contribution in [-0.4, -0.2) is 21.8 Å². The molecule has 3 rings (SSSR count). The molecule has 0 saturated carbocycles. The minimum atomic E-state index is -1.01. The molecule has 0 aliphatic rings. The van der Waals surface area contributed by atoms with Gasteiger partial charge in [0.25, 0.3) is 5.69 Å². The number of phenolic OH excluding ortho intramolecular Hbond substituents is 1. The normalized spacial score (nSPS) is 10.4. The molecule has 9 heteroatoms. The standard InChI is InChI=1S/C18H12ClN3O5/c19-13-8-7-10(9-15(13)22(26)27)20-17(24)18(25)21-14-5-1-4-12-11(14)3-2-6-16(12)23/h1-9,23H,(H,20,24)(H,21,25). The first kappa shape index (κ1) is 18.2. The number of benzene rings is 3. The second kappa shape index (κ2) is 7.30. The third-order valence-electron chi connectivity index (χ3n) is 3.75. The van der Waals surface area contributed by atoms with Gasteiger partial charge in [0.15, 0.2) is 0 Å². The number of carbonyl (C=O) groups is 2. The van der Waals surface area contributed by atoms with Crippen molar-refractivity contribution >= 4 is 51.2 Å². The highest BCUT2D eigenvalue weighted by Crippen LogP contribution is 2.30. The molecule has 0 saturated heterocycles. The summed E-state index contributed by atoms with van der Waals surface area (Å²) in [5, 5.41) is 26.5. The predicted octanol–water partition coefficient (Wildman–Crippen LogP) is 3.68. The summed E-state index contributed by atoms with van der Waals surface area (Å²) in [6.07, 6.45) is 0. The lowest BCUT2D eigenvalue weighted by Crippen LogP contribution is -2.29. The number of rotatable bonds is 3. The van der Waals surface area contributed by atoms with Crippen molar-refractivity contribution in [1.82, 2.24) is 0 Å². The highest BCUT2D eigenvalue weighted by Gasteiger charge is 2.18. The van der Waals surface area contributed by atoms with Crippen LogP contribution in [0, 0.1) is 10.1 Å². The maximum Gasteiger partial charge on any atom is 0.314 e. The van der Waals surface area contributed by atoms with Crippen LogP contribution in [0.25, 0.3) is 10.8 Å². The number of phenols is 1. The van der Waals surface area contributed by atoms with Crippen molar-refractivity contribution in [2.75, 3.05) is 10.6 Å². The maximum atomic E-state index is 12.2. The van der Waals surface area contributed by atoms with Gasteiger partial charge in [-0.05, 0) is 24.3 Å². The summed E-state index contributed by atoms with van der Waals surface area (Å²) in [7, 11) is 0. The van der Waals surface area contributed by atoms with Crippen molar-refractivity contribution in [3.63, 3.8) is 0 Å². The molecule has 8 nitrogen and oxygen atoms in total. The summed E-state index contributed by atoms with van der Waals surface area (Å²) in [6.45, 7) is 0. The fourth-order valence-electron chi connectivity index (χ4n) is 2.50. The summed E-state index contributed by atoms with van der Waals surface area (Å²) >= 11 is 5.71.